The molecule has 2 N–H and O–H groups in total. The minimum atomic E-state index is -5.08. The lowest BCUT2D eigenvalue weighted by Crippen LogP contribution is -2.39. The van der Waals surface area contributed by atoms with Crippen molar-refractivity contribution >= 4 is 16.0 Å². The van der Waals surface area contributed by atoms with Crippen LogP contribution in [0.2, 0.25) is 0 Å². The summed E-state index contributed by atoms with van der Waals surface area (Å²) in [6.45, 7) is 4.98. The number of carbonyl (C=O) groups is 1. The van der Waals surface area contributed by atoms with Crippen molar-refractivity contribution in [1.82, 2.24) is 29.2 Å². The van der Waals surface area contributed by atoms with Gasteiger partial charge >= 0.3 is 12.1 Å². The maximum atomic E-state index is 12.0. The van der Waals surface area contributed by atoms with Crippen LogP contribution in [0.5, 0.6) is 0 Å². The van der Waals surface area contributed by atoms with E-state index in [1.54, 1.807) is 0 Å². The van der Waals surface area contributed by atoms with Gasteiger partial charge in [-0.25, -0.2) is 17.9 Å². The lowest BCUT2D eigenvalue weighted by molar-refractivity contribution is -0.192. The molecule has 1 atom stereocenters. The average molecular weight is 493 g/mol. The molecular weight excluding hydrogens is 465 g/mol. The number of aromatic nitrogens is 4. The Balaban J connectivity index is 0.000000383. The molecule has 0 spiro atoms. The van der Waals surface area contributed by atoms with Crippen molar-refractivity contribution in [3.05, 3.63) is 35.4 Å². The van der Waals surface area contributed by atoms with E-state index in [0.29, 0.717) is 6.54 Å². The molecule has 0 aromatic carbocycles. The molecule has 1 unspecified atom stereocenters. The molecule has 1 fully saturated rings. The Bertz CT molecular complexity index is 1080. The molecule has 1 saturated carbocycles. The van der Waals surface area contributed by atoms with Gasteiger partial charge in [-0.15, -0.1) is 0 Å². The van der Waals surface area contributed by atoms with E-state index in [1.165, 1.54) is 11.4 Å². The van der Waals surface area contributed by atoms with Crippen molar-refractivity contribution < 1.29 is 31.5 Å². The smallest absolute Gasteiger partial charge is 0.475 e. The lowest BCUT2D eigenvalue weighted by atomic mass is 10.1. The van der Waals surface area contributed by atoms with Crippen molar-refractivity contribution in [2.45, 2.75) is 56.7 Å². The van der Waals surface area contributed by atoms with Crippen molar-refractivity contribution in [2.24, 2.45) is 7.05 Å². The van der Waals surface area contributed by atoms with Crippen LogP contribution in [0.4, 0.5) is 13.2 Å². The van der Waals surface area contributed by atoms with E-state index in [4.69, 9.17) is 9.90 Å². The van der Waals surface area contributed by atoms with E-state index >= 15 is 0 Å². The molecule has 2 aromatic heterocycles. The number of rotatable bonds is 7. The molecule has 10 nitrogen and oxygen atoms in total. The first-order valence-corrected chi connectivity index (χ1v) is 11.9. The molecule has 0 bridgehead atoms. The zero-order chi connectivity index (χ0) is 24.4. The summed E-state index contributed by atoms with van der Waals surface area (Å²) in [5.74, 6) is -2.76. The van der Waals surface area contributed by atoms with Crippen molar-refractivity contribution in [3.8, 4) is 0 Å². The number of carboxylic acid groups (broad SMARTS) is 1. The number of halogens is 3. The fraction of sp³-hybridized carbons (Fsp3) is 0.632. The second-order valence-electron chi connectivity index (χ2n) is 8.22. The zero-order valence-electron chi connectivity index (χ0n) is 18.3. The fourth-order valence-corrected chi connectivity index (χ4v) is 5.10. The van der Waals surface area contributed by atoms with E-state index in [0.717, 1.165) is 44.6 Å². The third kappa shape index (κ3) is 6.77. The Labute approximate surface area is 189 Å². The minimum absolute atomic E-state index is 0.168. The molecule has 2 aliphatic rings. The summed E-state index contributed by atoms with van der Waals surface area (Å²) in [5, 5.41) is 15.8. The Morgan fingerprint density at radius 2 is 2.00 bits per heavy atom. The van der Waals surface area contributed by atoms with E-state index in [2.05, 4.69) is 30.6 Å². The van der Waals surface area contributed by atoms with Crippen LogP contribution in [0, 0.1) is 6.92 Å². The predicted molar refractivity (Wildman–Crippen MR) is 112 cm³/mol. The van der Waals surface area contributed by atoms with Gasteiger partial charge in [-0.3, -0.25) is 14.3 Å². The number of carboxylic acids is 1. The van der Waals surface area contributed by atoms with Gasteiger partial charge in [0.15, 0.2) is 0 Å². The molecule has 1 aliphatic heterocycles. The van der Waals surface area contributed by atoms with E-state index < -0.39 is 22.2 Å². The summed E-state index contributed by atoms with van der Waals surface area (Å²) >= 11 is 0. The summed E-state index contributed by atoms with van der Waals surface area (Å²) in [4.78, 5) is 11.3. The van der Waals surface area contributed by atoms with E-state index in [9.17, 15) is 21.6 Å². The van der Waals surface area contributed by atoms with E-state index in [-0.39, 0.29) is 11.3 Å². The largest absolute Gasteiger partial charge is 0.490 e. The van der Waals surface area contributed by atoms with Gasteiger partial charge in [-0.05, 0) is 38.3 Å². The number of alkyl halides is 3. The number of fused-ring (bicyclic) bond motifs is 1. The highest BCUT2D eigenvalue weighted by atomic mass is 32.2. The van der Waals surface area contributed by atoms with Gasteiger partial charge in [0, 0.05) is 39.4 Å². The number of nitrogens with one attached hydrogen (secondary N) is 1. The van der Waals surface area contributed by atoms with Crippen LogP contribution in [0.3, 0.4) is 0 Å². The lowest BCUT2D eigenvalue weighted by Gasteiger charge is -2.34. The van der Waals surface area contributed by atoms with Crippen LogP contribution in [0.1, 0.15) is 42.4 Å². The molecule has 0 amide bonds. The first kappa shape index (κ1) is 25.2. The highest BCUT2D eigenvalue weighted by molar-refractivity contribution is 7.90. The summed E-state index contributed by atoms with van der Waals surface area (Å²) < 4.78 is 62.5. The zero-order valence-corrected chi connectivity index (χ0v) is 19.1. The predicted octanol–water partition coefficient (Wildman–Crippen LogP) is 1.59. The van der Waals surface area contributed by atoms with Crippen molar-refractivity contribution in [1.29, 1.82) is 0 Å². The van der Waals surface area contributed by atoms with Gasteiger partial charge in [0.1, 0.15) is 0 Å². The van der Waals surface area contributed by atoms with Crippen molar-refractivity contribution in [3.63, 3.8) is 0 Å². The quantitative estimate of drug-likeness (QED) is 0.602. The number of hydrogen-bond acceptors (Lipinski definition) is 6. The van der Waals surface area contributed by atoms with Crippen LogP contribution in [0.25, 0.3) is 0 Å². The molecule has 1 aliphatic carbocycles. The monoisotopic (exact) mass is 492 g/mol. The summed E-state index contributed by atoms with van der Waals surface area (Å²) in [7, 11) is -1.15. The van der Waals surface area contributed by atoms with Gasteiger partial charge < -0.3 is 5.11 Å². The summed E-state index contributed by atoms with van der Waals surface area (Å²) in [6.07, 6.45) is -0.935. The molecule has 14 heteroatoms. The third-order valence-electron chi connectivity index (χ3n) is 5.42. The fourth-order valence-electron chi connectivity index (χ4n) is 3.70. The van der Waals surface area contributed by atoms with Gasteiger partial charge in [-0.2, -0.15) is 23.4 Å². The molecule has 0 saturated heterocycles. The molecule has 33 heavy (non-hydrogen) atoms. The second kappa shape index (κ2) is 9.81. The maximum Gasteiger partial charge on any atom is 0.490 e. The Morgan fingerprint density at radius 1 is 1.33 bits per heavy atom. The van der Waals surface area contributed by atoms with Crippen LogP contribution in [0.15, 0.2) is 18.3 Å². The first-order valence-electron chi connectivity index (χ1n) is 10.4. The topological polar surface area (TPSA) is 122 Å². The number of nitrogens with zero attached hydrogens (tertiary/aromatic N) is 5. The summed E-state index contributed by atoms with van der Waals surface area (Å²) in [6, 6.07) is 4.33. The molecule has 3 heterocycles. The normalized spacial score (nSPS) is 19.0. The third-order valence-corrected chi connectivity index (χ3v) is 7.38. The summed E-state index contributed by atoms with van der Waals surface area (Å²) in [5.41, 5.74) is 3.38. The number of hydrogen-bond donors (Lipinski definition) is 2. The average Bonchev–Trinajstić information content (AvgIpc) is 3.38. The van der Waals surface area contributed by atoms with Gasteiger partial charge in [0.05, 0.1) is 28.4 Å². The van der Waals surface area contributed by atoms with Crippen LogP contribution < -0.4 is 4.72 Å². The first-order chi connectivity index (χ1) is 15.4. The molecule has 184 valence electrons. The van der Waals surface area contributed by atoms with E-state index in [1.807, 2.05) is 30.9 Å². The van der Waals surface area contributed by atoms with Crippen LogP contribution in [-0.4, -0.2) is 68.5 Å². The van der Waals surface area contributed by atoms with Crippen molar-refractivity contribution in [2.75, 3.05) is 13.1 Å². The molecular formula is C19H27F3N6O4S. The van der Waals surface area contributed by atoms with Crippen LogP contribution >= 0.6 is 0 Å². The Hall–Kier alpha value is -2.45. The molecule has 0 radical (unpaired) electrons. The van der Waals surface area contributed by atoms with Gasteiger partial charge in [-0.1, -0.05) is 0 Å². The maximum absolute atomic E-state index is 12.0. The van der Waals surface area contributed by atoms with Crippen LogP contribution in [-0.2, 0) is 35.0 Å². The standard InChI is InChI=1S/C17H26N6O2S.C2HF3O2/c1-13-9-16(21(2)20-13)12-22-10-14-5-7-18-23(14)15(11-22)6-8-19-26(24,25)17-3-4-17;3-2(4,5)1(6)7/h5,7,9,15,17,19H,3-4,6,8,10-12H2,1-2H3;(H,6,7). The molecule has 2 aromatic rings. The minimum Gasteiger partial charge on any atom is -0.475 e. The Morgan fingerprint density at radius 3 is 2.55 bits per heavy atom. The van der Waals surface area contributed by atoms with Gasteiger partial charge in [0.25, 0.3) is 0 Å². The number of sulfonamides is 1. The number of aryl methyl sites for hydroxylation is 2. The highest BCUT2D eigenvalue weighted by Crippen LogP contribution is 2.28. The number of aliphatic carboxylic acids is 1. The highest BCUT2D eigenvalue weighted by Gasteiger charge is 2.38. The Kier molecular flexibility index (Phi) is 7.49. The molecule has 4 rings (SSSR count). The van der Waals surface area contributed by atoms with Gasteiger partial charge in [0.2, 0.25) is 10.0 Å². The SMILES string of the molecule is Cc1cc(CN2Cc3ccnn3C(CCNS(=O)(=O)C3CC3)C2)n(C)n1.O=C(O)C(F)(F)F. The second-order valence-corrected chi connectivity index (χ2v) is 10.3.